The Bertz CT molecular complexity index is 888. The maximum absolute atomic E-state index is 5.17. The fourth-order valence-electron chi connectivity index (χ4n) is 2.43. The highest BCUT2D eigenvalue weighted by Crippen LogP contribution is 2.25. The van der Waals surface area contributed by atoms with Gasteiger partial charge in [0, 0.05) is 5.56 Å². The number of methoxy groups -OCH3 is 1. The Kier molecular flexibility index (Phi) is 2.89. The third kappa shape index (κ3) is 2.13. The van der Waals surface area contributed by atoms with E-state index >= 15 is 0 Å². The Morgan fingerprint density at radius 3 is 2.59 bits per heavy atom. The molecule has 0 aliphatic rings. The van der Waals surface area contributed by atoms with Crippen LogP contribution in [0.2, 0.25) is 0 Å². The van der Waals surface area contributed by atoms with E-state index in [1.165, 1.54) is 0 Å². The molecule has 5 heteroatoms. The van der Waals surface area contributed by atoms with Gasteiger partial charge in [-0.05, 0) is 42.5 Å². The Balaban J connectivity index is 1.70. The highest BCUT2D eigenvalue weighted by Gasteiger charge is 2.09. The van der Waals surface area contributed by atoms with E-state index in [9.17, 15) is 0 Å². The standard InChI is InChI=1S/C17H14N4O/c1-22-12-8-6-11(7-9-12)15-10-16(21-20-15)17-18-13-4-2-3-5-14(13)19-17/h2-10H,1H3,(H,18,19)(H,20,21). The summed E-state index contributed by atoms with van der Waals surface area (Å²) in [4.78, 5) is 7.86. The highest BCUT2D eigenvalue weighted by atomic mass is 16.5. The third-order valence-electron chi connectivity index (χ3n) is 3.61. The Morgan fingerprint density at radius 2 is 1.82 bits per heavy atom. The van der Waals surface area contributed by atoms with Crippen molar-refractivity contribution < 1.29 is 4.74 Å². The summed E-state index contributed by atoms with van der Waals surface area (Å²) in [5.74, 6) is 1.62. The van der Waals surface area contributed by atoms with E-state index in [4.69, 9.17) is 4.74 Å². The molecule has 2 aromatic heterocycles. The van der Waals surface area contributed by atoms with Gasteiger partial charge in [-0.15, -0.1) is 0 Å². The van der Waals surface area contributed by atoms with Gasteiger partial charge in [-0.25, -0.2) is 4.98 Å². The number of ether oxygens (including phenoxy) is 1. The second-order valence-corrected chi connectivity index (χ2v) is 5.00. The number of nitrogens with zero attached hydrogens (tertiary/aromatic N) is 2. The minimum atomic E-state index is 0.786. The number of hydrogen-bond donors (Lipinski definition) is 2. The lowest BCUT2D eigenvalue weighted by molar-refractivity contribution is 0.415. The summed E-state index contributed by atoms with van der Waals surface area (Å²) in [6.45, 7) is 0. The molecule has 4 rings (SSSR count). The van der Waals surface area contributed by atoms with Gasteiger partial charge in [0.2, 0.25) is 0 Å². The van der Waals surface area contributed by atoms with Crippen molar-refractivity contribution in [1.82, 2.24) is 20.2 Å². The number of fused-ring (bicyclic) bond motifs is 1. The van der Waals surface area contributed by atoms with Gasteiger partial charge in [0.15, 0.2) is 5.82 Å². The van der Waals surface area contributed by atoms with Crippen molar-refractivity contribution in [2.75, 3.05) is 7.11 Å². The fourth-order valence-corrected chi connectivity index (χ4v) is 2.43. The van der Waals surface area contributed by atoms with Crippen LogP contribution in [0.4, 0.5) is 0 Å². The number of para-hydroxylation sites is 2. The first kappa shape index (κ1) is 12.6. The molecular formula is C17H14N4O. The van der Waals surface area contributed by atoms with Gasteiger partial charge in [-0.3, -0.25) is 5.10 Å². The first-order valence-electron chi connectivity index (χ1n) is 6.98. The van der Waals surface area contributed by atoms with E-state index in [2.05, 4.69) is 20.2 Å². The second kappa shape index (κ2) is 5.04. The lowest BCUT2D eigenvalue weighted by Crippen LogP contribution is -1.82. The Hall–Kier alpha value is -3.08. The second-order valence-electron chi connectivity index (χ2n) is 5.00. The van der Waals surface area contributed by atoms with Crippen LogP contribution in [-0.2, 0) is 0 Å². The first-order valence-corrected chi connectivity index (χ1v) is 6.98. The number of imidazole rings is 1. The highest BCUT2D eigenvalue weighted by molar-refractivity contribution is 5.79. The predicted molar refractivity (Wildman–Crippen MR) is 85.7 cm³/mol. The number of benzene rings is 2. The molecule has 0 aliphatic carbocycles. The van der Waals surface area contributed by atoms with Crippen LogP contribution >= 0.6 is 0 Å². The van der Waals surface area contributed by atoms with Crippen LogP contribution in [0, 0.1) is 0 Å². The lowest BCUT2D eigenvalue weighted by Gasteiger charge is -1.99. The van der Waals surface area contributed by atoms with Crippen LogP contribution in [0.15, 0.2) is 54.6 Å². The Labute approximate surface area is 127 Å². The average molecular weight is 290 g/mol. The maximum atomic E-state index is 5.17. The number of aromatic amines is 2. The SMILES string of the molecule is COc1ccc(-c2cc(-c3nc4ccccc4[nH]3)[nH]n2)cc1. The van der Waals surface area contributed by atoms with Crippen LogP contribution in [0.1, 0.15) is 0 Å². The molecule has 0 aliphatic heterocycles. The van der Waals surface area contributed by atoms with Gasteiger partial charge < -0.3 is 9.72 Å². The van der Waals surface area contributed by atoms with Crippen molar-refractivity contribution in [3.8, 4) is 28.5 Å². The summed E-state index contributed by atoms with van der Waals surface area (Å²) < 4.78 is 5.17. The monoisotopic (exact) mass is 290 g/mol. The molecule has 2 aromatic carbocycles. The Morgan fingerprint density at radius 1 is 1.00 bits per heavy atom. The van der Waals surface area contributed by atoms with Crippen LogP contribution in [-0.4, -0.2) is 27.3 Å². The van der Waals surface area contributed by atoms with Crippen molar-refractivity contribution in [2.24, 2.45) is 0 Å². The molecule has 0 atom stereocenters. The van der Waals surface area contributed by atoms with Crippen molar-refractivity contribution in [1.29, 1.82) is 0 Å². The predicted octanol–water partition coefficient (Wildman–Crippen LogP) is 3.63. The van der Waals surface area contributed by atoms with Crippen LogP contribution in [0.3, 0.4) is 0 Å². The molecule has 0 fully saturated rings. The number of H-pyrrole nitrogens is 2. The molecule has 0 spiro atoms. The first-order chi connectivity index (χ1) is 10.8. The van der Waals surface area contributed by atoms with E-state index in [0.717, 1.165) is 39.6 Å². The van der Waals surface area contributed by atoms with Gasteiger partial charge in [0.25, 0.3) is 0 Å². The summed E-state index contributed by atoms with van der Waals surface area (Å²) in [6, 6.07) is 17.7. The van der Waals surface area contributed by atoms with Crippen molar-refractivity contribution in [3.05, 3.63) is 54.6 Å². The smallest absolute Gasteiger partial charge is 0.156 e. The van der Waals surface area contributed by atoms with E-state index in [1.54, 1.807) is 7.11 Å². The van der Waals surface area contributed by atoms with Crippen LogP contribution in [0.5, 0.6) is 5.75 Å². The van der Waals surface area contributed by atoms with Gasteiger partial charge in [-0.1, -0.05) is 12.1 Å². The molecule has 108 valence electrons. The van der Waals surface area contributed by atoms with E-state index < -0.39 is 0 Å². The maximum Gasteiger partial charge on any atom is 0.156 e. The summed E-state index contributed by atoms with van der Waals surface area (Å²) in [6.07, 6.45) is 0. The van der Waals surface area contributed by atoms with E-state index in [0.29, 0.717) is 0 Å². The molecule has 0 amide bonds. The van der Waals surface area contributed by atoms with Gasteiger partial charge in [0.1, 0.15) is 11.4 Å². The fraction of sp³-hybridized carbons (Fsp3) is 0.0588. The molecule has 2 heterocycles. The van der Waals surface area contributed by atoms with Crippen LogP contribution in [0.25, 0.3) is 33.8 Å². The van der Waals surface area contributed by atoms with Gasteiger partial charge in [0.05, 0.1) is 23.8 Å². The zero-order valence-corrected chi connectivity index (χ0v) is 12.0. The normalized spacial score (nSPS) is 11.0. The summed E-state index contributed by atoms with van der Waals surface area (Å²) >= 11 is 0. The number of aromatic nitrogens is 4. The minimum Gasteiger partial charge on any atom is -0.497 e. The molecule has 0 bridgehead atoms. The number of hydrogen-bond acceptors (Lipinski definition) is 3. The molecule has 0 radical (unpaired) electrons. The third-order valence-corrected chi connectivity index (χ3v) is 3.61. The molecule has 0 saturated carbocycles. The lowest BCUT2D eigenvalue weighted by atomic mass is 10.1. The quantitative estimate of drug-likeness (QED) is 0.605. The zero-order chi connectivity index (χ0) is 14.9. The van der Waals surface area contributed by atoms with Crippen molar-refractivity contribution in [3.63, 3.8) is 0 Å². The van der Waals surface area contributed by atoms with Crippen molar-refractivity contribution in [2.45, 2.75) is 0 Å². The summed E-state index contributed by atoms with van der Waals surface area (Å²) in [5.41, 5.74) is 4.72. The van der Waals surface area contributed by atoms with Gasteiger partial charge in [-0.2, -0.15) is 5.10 Å². The van der Waals surface area contributed by atoms with Crippen molar-refractivity contribution >= 4 is 11.0 Å². The molecule has 4 aromatic rings. The van der Waals surface area contributed by atoms with E-state index in [-0.39, 0.29) is 0 Å². The topological polar surface area (TPSA) is 66.6 Å². The molecule has 0 saturated heterocycles. The minimum absolute atomic E-state index is 0.786. The number of rotatable bonds is 3. The molecule has 2 N–H and O–H groups in total. The van der Waals surface area contributed by atoms with Gasteiger partial charge >= 0.3 is 0 Å². The summed E-state index contributed by atoms with van der Waals surface area (Å²) in [5, 5.41) is 7.40. The van der Waals surface area contributed by atoms with E-state index in [1.807, 2.05) is 54.6 Å². The molecule has 0 unspecified atom stereocenters. The summed E-state index contributed by atoms with van der Waals surface area (Å²) in [7, 11) is 1.66. The molecular weight excluding hydrogens is 276 g/mol. The molecule has 5 nitrogen and oxygen atoms in total. The molecule has 22 heavy (non-hydrogen) atoms. The number of nitrogens with one attached hydrogen (secondary N) is 2. The zero-order valence-electron chi connectivity index (χ0n) is 12.0. The average Bonchev–Trinajstić information content (AvgIpc) is 3.21. The van der Waals surface area contributed by atoms with Crippen LogP contribution < -0.4 is 4.74 Å². The largest absolute Gasteiger partial charge is 0.497 e.